The topological polar surface area (TPSA) is 45.6 Å². The molecule has 1 aliphatic rings. The average Bonchev–Trinajstić information content (AvgIpc) is 2.30. The van der Waals surface area contributed by atoms with Gasteiger partial charge in [0.2, 0.25) is 0 Å². The molecule has 18 heavy (non-hydrogen) atoms. The van der Waals surface area contributed by atoms with Crippen LogP contribution in [0.25, 0.3) is 0 Å². The summed E-state index contributed by atoms with van der Waals surface area (Å²) >= 11 is 3.59. The van der Waals surface area contributed by atoms with Crippen LogP contribution in [0.1, 0.15) is 19.4 Å². The predicted octanol–water partition coefficient (Wildman–Crippen LogP) is 2.13. The lowest BCUT2D eigenvalue weighted by Crippen LogP contribution is -2.54. The van der Waals surface area contributed by atoms with E-state index >= 15 is 0 Å². The lowest BCUT2D eigenvalue weighted by molar-refractivity contribution is -0.101. The average molecular weight is 315 g/mol. The Bertz CT molecular complexity index is 437. The number of hydrogen-bond donors (Lipinski definition) is 1. The first-order valence-electron chi connectivity index (χ1n) is 6.07. The maximum absolute atomic E-state index is 9.33. The number of pyridine rings is 1. The molecule has 1 atom stereocenters. The number of aliphatic hydroxyl groups is 1. The molecule has 0 spiro atoms. The fourth-order valence-electron chi connectivity index (χ4n) is 2.30. The van der Waals surface area contributed by atoms with Crippen molar-refractivity contribution in [1.29, 1.82) is 0 Å². The van der Waals surface area contributed by atoms with Gasteiger partial charge in [0.1, 0.15) is 5.82 Å². The molecular formula is C13H19BrN2O2. The van der Waals surface area contributed by atoms with Gasteiger partial charge in [-0.3, -0.25) is 0 Å². The molecule has 1 fully saturated rings. The van der Waals surface area contributed by atoms with Gasteiger partial charge in [-0.15, -0.1) is 0 Å². The third-order valence-corrected chi connectivity index (χ3v) is 4.03. The number of rotatable bonds is 2. The van der Waals surface area contributed by atoms with Crippen LogP contribution in [0.5, 0.6) is 0 Å². The fraction of sp³-hybridized carbons (Fsp3) is 0.615. The van der Waals surface area contributed by atoms with Crippen molar-refractivity contribution in [3.05, 3.63) is 22.3 Å². The van der Waals surface area contributed by atoms with Gasteiger partial charge in [-0.2, -0.15) is 0 Å². The van der Waals surface area contributed by atoms with E-state index in [-0.39, 0.29) is 18.3 Å². The molecule has 1 aliphatic heterocycles. The van der Waals surface area contributed by atoms with E-state index in [4.69, 9.17) is 4.74 Å². The van der Waals surface area contributed by atoms with Gasteiger partial charge in [0, 0.05) is 19.3 Å². The van der Waals surface area contributed by atoms with Crippen molar-refractivity contribution in [3.8, 4) is 0 Å². The van der Waals surface area contributed by atoms with Gasteiger partial charge in [-0.25, -0.2) is 4.98 Å². The summed E-state index contributed by atoms with van der Waals surface area (Å²) in [7, 11) is 0. The molecule has 2 rings (SSSR count). The molecule has 0 saturated carbocycles. The summed E-state index contributed by atoms with van der Waals surface area (Å²) in [6.07, 6.45) is 1.65. The number of hydrogen-bond acceptors (Lipinski definition) is 4. The molecular weight excluding hydrogens is 296 g/mol. The summed E-state index contributed by atoms with van der Waals surface area (Å²) in [6.45, 7) is 7.57. The summed E-state index contributed by atoms with van der Waals surface area (Å²) < 4.78 is 6.82. The molecule has 100 valence electrons. The molecule has 5 heteroatoms. The number of ether oxygens (including phenoxy) is 1. The normalized spacial score (nSPS) is 23.2. The second kappa shape index (κ2) is 5.15. The SMILES string of the molecule is Cc1ccnc(N2CC(CO)OC(C)(C)C2)c1Br. The molecule has 1 aromatic rings. The molecule has 4 nitrogen and oxygen atoms in total. The van der Waals surface area contributed by atoms with E-state index in [2.05, 4.69) is 25.8 Å². The van der Waals surface area contributed by atoms with Gasteiger partial charge in [0.15, 0.2) is 0 Å². The third-order valence-electron chi connectivity index (χ3n) is 3.05. The van der Waals surface area contributed by atoms with Crippen molar-refractivity contribution in [2.24, 2.45) is 0 Å². The number of aryl methyl sites for hydroxylation is 1. The fourth-order valence-corrected chi connectivity index (χ4v) is 2.78. The minimum Gasteiger partial charge on any atom is -0.394 e. The van der Waals surface area contributed by atoms with Gasteiger partial charge < -0.3 is 14.7 Å². The molecule has 1 saturated heterocycles. The summed E-state index contributed by atoms with van der Waals surface area (Å²) in [6, 6.07) is 1.97. The highest BCUT2D eigenvalue weighted by atomic mass is 79.9. The van der Waals surface area contributed by atoms with Gasteiger partial charge >= 0.3 is 0 Å². The van der Waals surface area contributed by atoms with E-state index in [9.17, 15) is 5.11 Å². The van der Waals surface area contributed by atoms with Crippen molar-refractivity contribution in [1.82, 2.24) is 4.98 Å². The highest BCUT2D eigenvalue weighted by Gasteiger charge is 2.34. The van der Waals surface area contributed by atoms with Crippen LogP contribution in [0.4, 0.5) is 5.82 Å². The Morgan fingerprint density at radius 3 is 3.00 bits per heavy atom. The van der Waals surface area contributed by atoms with Gasteiger partial charge in [0.25, 0.3) is 0 Å². The van der Waals surface area contributed by atoms with E-state index in [0.29, 0.717) is 6.54 Å². The highest BCUT2D eigenvalue weighted by molar-refractivity contribution is 9.10. The smallest absolute Gasteiger partial charge is 0.143 e. The van der Waals surface area contributed by atoms with E-state index in [1.807, 2.05) is 33.0 Å². The molecule has 0 radical (unpaired) electrons. The predicted molar refractivity (Wildman–Crippen MR) is 74.9 cm³/mol. The third kappa shape index (κ3) is 2.84. The summed E-state index contributed by atoms with van der Waals surface area (Å²) in [5, 5.41) is 9.33. The zero-order valence-electron chi connectivity index (χ0n) is 11.0. The maximum Gasteiger partial charge on any atom is 0.143 e. The Balaban J connectivity index is 2.29. The first-order valence-corrected chi connectivity index (χ1v) is 6.87. The van der Waals surface area contributed by atoms with Crippen LogP contribution in [0.15, 0.2) is 16.7 Å². The van der Waals surface area contributed by atoms with Crippen molar-refractivity contribution in [3.63, 3.8) is 0 Å². The van der Waals surface area contributed by atoms with Crippen LogP contribution in [0.3, 0.4) is 0 Å². The monoisotopic (exact) mass is 314 g/mol. The number of aromatic nitrogens is 1. The Hall–Kier alpha value is -0.650. The Morgan fingerprint density at radius 2 is 2.33 bits per heavy atom. The van der Waals surface area contributed by atoms with E-state index < -0.39 is 0 Å². The largest absolute Gasteiger partial charge is 0.394 e. The second-order valence-electron chi connectivity index (χ2n) is 5.33. The number of aliphatic hydroxyl groups excluding tert-OH is 1. The van der Waals surface area contributed by atoms with Crippen LogP contribution in [-0.4, -0.2) is 41.5 Å². The van der Waals surface area contributed by atoms with E-state index in [1.54, 1.807) is 0 Å². The first-order chi connectivity index (χ1) is 8.43. The zero-order valence-corrected chi connectivity index (χ0v) is 12.6. The molecule has 0 amide bonds. The Labute approximate surface area is 116 Å². The molecule has 1 N–H and O–H groups in total. The van der Waals surface area contributed by atoms with Gasteiger partial charge in [-0.05, 0) is 48.3 Å². The van der Waals surface area contributed by atoms with E-state index in [1.165, 1.54) is 0 Å². The summed E-state index contributed by atoms with van der Waals surface area (Å²) in [5.41, 5.74) is 0.876. The lowest BCUT2D eigenvalue weighted by Gasteiger charge is -2.43. The lowest BCUT2D eigenvalue weighted by atomic mass is 10.1. The van der Waals surface area contributed by atoms with Crippen molar-refractivity contribution in [2.45, 2.75) is 32.5 Å². The quantitative estimate of drug-likeness (QED) is 0.908. The Kier molecular flexibility index (Phi) is 3.94. The molecule has 0 aromatic carbocycles. The van der Waals surface area contributed by atoms with Crippen molar-refractivity contribution >= 4 is 21.7 Å². The number of anilines is 1. The van der Waals surface area contributed by atoms with Crippen molar-refractivity contribution < 1.29 is 9.84 Å². The zero-order chi connectivity index (χ0) is 13.3. The van der Waals surface area contributed by atoms with Gasteiger partial charge in [-0.1, -0.05) is 0 Å². The number of morpholine rings is 1. The second-order valence-corrected chi connectivity index (χ2v) is 6.12. The van der Waals surface area contributed by atoms with Crippen LogP contribution in [-0.2, 0) is 4.74 Å². The Morgan fingerprint density at radius 1 is 1.61 bits per heavy atom. The van der Waals surface area contributed by atoms with Crippen LogP contribution in [0, 0.1) is 6.92 Å². The molecule has 0 bridgehead atoms. The van der Waals surface area contributed by atoms with Crippen LogP contribution >= 0.6 is 15.9 Å². The molecule has 1 unspecified atom stereocenters. The molecule has 2 heterocycles. The van der Waals surface area contributed by atoms with Crippen LogP contribution in [0.2, 0.25) is 0 Å². The van der Waals surface area contributed by atoms with E-state index in [0.717, 1.165) is 22.4 Å². The summed E-state index contributed by atoms with van der Waals surface area (Å²) in [4.78, 5) is 6.61. The first kappa shape index (κ1) is 13.8. The summed E-state index contributed by atoms with van der Waals surface area (Å²) in [5.74, 6) is 0.921. The highest BCUT2D eigenvalue weighted by Crippen LogP contribution is 2.31. The minimum atomic E-state index is -0.281. The minimum absolute atomic E-state index is 0.0311. The standard InChI is InChI=1S/C13H19BrN2O2/c1-9-4-5-15-12(11(9)14)16-6-10(7-17)18-13(2,3)8-16/h4-5,10,17H,6-8H2,1-3H3. The van der Waals surface area contributed by atoms with Gasteiger partial charge in [0.05, 0.1) is 22.8 Å². The molecule has 0 aliphatic carbocycles. The molecule has 1 aromatic heterocycles. The number of halogens is 1. The van der Waals surface area contributed by atoms with Crippen LogP contribution < -0.4 is 4.90 Å². The number of nitrogens with zero attached hydrogens (tertiary/aromatic N) is 2. The maximum atomic E-state index is 9.33. The van der Waals surface area contributed by atoms with Crippen molar-refractivity contribution in [2.75, 3.05) is 24.6 Å².